The summed E-state index contributed by atoms with van der Waals surface area (Å²) in [5.74, 6) is -0.321. The highest BCUT2D eigenvalue weighted by atomic mass is 16.3. The number of hydrogen-bond acceptors (Lipinski definition) is 7. The van der Waals surface area contributed by atoms with Gasteiger partial charge in [-0.15, -0.1) is 0 Å². The van der Waals surface area contributed by atoms with E-state index in [1.807, 2.05) is 0 Å². The monoisotopic (exact) mass is 443 g/mol. The molecule has 0 aromatic carbocycles. The van der Waals surface area contributed by atoms with Gasteiger partial charge in [-0.3, -0.25) is 15.0 Å². The van der Waals surface area contributed by atoms with Crippen LogP contribution < -0.4 is 33.2 Å². The summed E-state index contributed by atoms with van der Waals surface area (Å²) in [7, 11) is 0. The fraction of sp³-hybridized carbons (Fsp3) is 0.857. The third-order valence-electron chi connectivity index (χ3n) is 4.97. The van der Waals surface area contributed by atoms with Crippen LogP contribution in [-0.2, 0) is 9.59 Å². The van der Waals surface area contributed by atoms with Crippen molar-refractivity contribution in [2.24, 2.45) is 17.2 Å². The Morgan fingerprint density at radius 2 is 1.48 bits per heavy atom. The highest BCUT2D eigenvalue weighted by molar-refractivity contribution is 5.85. The molecule has 10 heteroatoms. The van der Waals surface area contributed by atoms with Crippen molar-refractivity contribution < 1.29 is 14.7 Å². The summed E-state index contributed by atoms with van der Waals surface area (Å²) in [6.45, 7) is 3.81. The largest absolute Gasteiger partial charge is 0.393 e. The Kier molecular flexibility index (Phi) is 19.0. The number of nitrogens with two attached hydrogens (primary N) is 3. The third-order valence-corrected chi connectivity index (χ3v) is 4.97. The molecule has 0 aliphatic rings. The Morgan fingerprint density at radius 1 is 0.871 bits per heavy atom. The zero-order valence-corrected chi connectivity index (χ0v) is 19.0. The Hall–Kier alpha value is -1.75. The van der Waals surface area contributed by atoms with E-state index in [9.17, 15) is 14.7 Å². The second kappa shape index (κ2) is 20.2. The predicted octanol–water partition coefficient (Wildman–Crippen LogP) is -0.318. The van der Waals surface area contributed by atoms with Gasteiger partial charge in [0.2, 0.25) is 5.91 Å². The van der Waals surface area contributed by atoms with Crippen LogP contribution in [0.4, 0.5) is 0 Å². The summed E-state index contributed by atoms with van der Waals surface area (Å²) in [6, 6.07) is -0.718. The minimum absolute atomic E-state index is 0.0231. The topological polar surface area (TPSA) is 192 Å². The summed E-state index contributed by atoms with van der Waals surface area (Å²) >= 11 is 0. The summed E-state index contributed by atoms with van der Waals surface area (Å²) in [5, 5.41) is 26.0. The molecule has 0 aromatic rings. The number of nitrogens with one attached hydrogen (secondary N) is 4. The van der Waals surface area contributed by atoms with Crippen molar-refractivity contribution >= 4 is 17.6 Å². The second-order valence-corrected chi connectivity index (χ2v) is 7.96. The number of aliphatic hydroxyl groups excluding tert-OH is 1. The van der Waals surface area contributed by atoms with Crippen LogP contribution in [0, 0.1) is 5.41 Å². The molecule has 0 spiro atoms. The highest BCUT2D eigenvalue weighted by Gasteiger charge is 2.18. The number of hydrogen-bond donors (Lipinski definition) is 8. The molecule has 1 amide bonds. The zero-order chi connectivity index (χ0) is 23.3. The predicted molar refractivity (Wildman–Crippen MR) is 125 cm³/mol. The minimum atomic E-state index is -0.718. The lowest BCUT2D eigenvalue weighted by Gasteiger charge is -2.14. The zero-order valence-electron chi connectivity index (χ0n) is 19.0. The lowest BCUT2D eigenvalue weighted by molar-refractivity contribution is -0.123. The first-order valence-corrected chi connectivity index (χ1v) is 11.6. The SMILES string of the molecule is N=C(N)NCCCCCCC(O)CC(=O)C(N)CCC(=O)NCCCCNCCCN. The van der Waals surface area contributed by atoms with Crippen LogP contribution in [0.3, 0.4) is 0 Å². The molecule has 2 atom stereocenters. The molecule has 2 unspecified atom stereocenters. The van der Waals surface area contributed by atoms with Gasteiger partial charge in [0, 0.05) is 25.9 Å². The van der Waals surface area contributed by atoms with E-state index < -0.39 is 12.1 Å². The van der Waals surface area contributed by atoms with E-state index in [1.54, 1.807) is 0 Å². The van der Waals surface area contributed by atoms with Crippen molar-refractivity contribution in [3.8, 4) is 0 Å². The molecule has 0 aliphatic carbocycles. The van der Waals surface area contributed by atoms with E-state index in [1.165, 1.54) is 0 Å². The number of aliphatic hydroxyl groups is 1. The lowest BCUT2D eigenvalue weighted by Crippen LogP contribution is -2.35. The molecule has 0 saturated carbocycles. The van der Waals surface area contributed by atoms with Gasteiger partial charge in [0.05, 0.1) is 12.1 Å². The molecule has 0 radical (unpaired) electrons. The standard InChI is InChI=1S/C21H45N7O3/c22-11-7-13-26-12-5-6-14-27-20(31)10-9-18(23)19(30)16-17(29)8-3-1-2-4-15-28-21(24)25/h17-18,26,29H,1-16,22-23H2,(H,27,31)(H4,24,25,28). The van der Waals surface area contributed by atoms with Crippen molar-refractivity contribution in [3.63, 3.8) is 0 Å². The van der Waals surface area contributed by atoms with Crippen LogP contribution in [0.15, 0.2) is 0 Å². The summed E-state index contributed by atoms with van der Waals surface area (Å²) < 4.78 is 0. The fourth-order valence-corrected chi connectivity index (χ4v) is 3.06. The third kappa shape index (κ3) is 19.9. The van der Waals surface area contributed by atoms with Gasteiger partial charge in [-0.25, -0.2) is 0 Å². The van der Waals surface area contributed by atoms with Crippen molar-refractivity contribution in [2.75, 3.05) is 32.7 Å². The van der Waals surface area contributed by atoms with E-state index >= 15 is 0 Å². The van der Waals surface area contributed by atoms with Gasteiger partial charge in [-0.2, -0.15) is 0 Å². The average molecular weight is 444 g/mol. The first kappa shape index (κ1) is 29.2. The number of carbonyl (C=O) groups is 2. The van der Waals surface area contributed by atoms with E-state index in [2.05, 4.69) is 16.0 Å². The Balaban J connectivity index is 3.67. The molecule has 182 valence electrons. The number of guanidine groups is 1. The molecule has 10 nitrogen and oxygen atoms in total. The van der Waals surface area contributed by atoms with Crippen LogP contribution in [0.5, 0.6) is 0 Å². The number of carbonyl (C=O) groups excluding carboxylic acids is 2. The normalized spacial score (nSPS) is 12.9. The van der Waals surface area contributed by atoms with E-state index in [-0.39, 0.29) is 30.5 Å². The fourth-order valence-electron chi connectivity index (χ4n) is 3.06. The Bertz CT molecular complexity index is 492. The molecule has 0 heterocycles. The van der Waals surface area contributed by atoms with Gasteiger partial charge < -0.3 is 38.3 Å². The Morgan fingerprint density at radius 3 is 2.19 bits per heavy atom. The first-order valence-electron chi connectivity index (χ1n) is 11.6. The number of ketones is 1. The minimum Gasteiger partial charge on any atom is -0.393 e. The van der Waals surface area contributed by atoms with Gasteiger partial charge in [0.1, 0.15) is 0 Å². The molecule has 0 rings (SSSR count). The van der Waals surface area contributed by atoms with Gasteiger partial charge in [0.25, 0.3) is 0 Å². The molecule has 0 fully saturated rings. The summed E-state index contributed by atoms with van der Waals surface area (Å²) in [5.41, 5.74) is 16.5. The first-order chi connectivity index (χ1) is 14.9. The van der Waals surface area contributed by atoms with E-state index in [4.69, 9.17) is 22.6 Å². The van der Waals surface area contributed by atoms with Gasteiger partial charge in [-0.05, 0) is 58.2 Å². The maximum atomic E-state index is 12.1. The van der Waals surface area contributed by atoms with Crippen LogP contribution in [-0.4, -0.2) is 67.6 Å². The Labute approximate surface area is 187 Å². The number of Topliss-reactive ketones (excluding diaryl/α,β-unsaturated/α-hetero) is 1. The molecular formula is C21H45N7O3. The van der Waals surface area contributed by atoms with Gasteiger partial charge in [-0.1, -0.05) is 19.3 Å². The molecular weight excluding hydrogens is 398 g/mol. The molecule has 11 N–H and O–H groups in total. The highest BCUT2D eigenvalue weighted by Crippen LogP contribution is 2.10. The number of amides is 1. The smallest absolute Gasteiger partial charge is 0.220 e. The quantitative estimate of drug-likeness (QED) is 0.0671. The molecule has 31 heavy (non-hydrogen) atoms. The van der Waals surface area contributed by atoms with Crippen molar-refractivity contribution in [1.29, 1.82) is 5.41 Å². The van der Waals surface area contributed by atoms with Gasteiger partial charge >= 0.3 is 0 Å². The van der Waals surface area contributed by atoms with E-state index in [0.717, 1.165) is 58.0 Å². The molecule has 0 saturated heterocycles. The van der Waals surface area contributed by atoms with Crippen molar-refractivity contribution in [1.82, 2.24) is 16.0 Å². The maximum Gasteiger partial charge on any atom is 0.220 e. The van der Waals surface area contributed by atoms with Crippen LogP contribution in [0.25, 0.3) is 0 Å². The average Bonchev–Trinajstić information content (AvgIpc) is 2.72. The number of unbranched alkanes of at least 4 members (excludes halogenated alkanes) is 4. The van der Waals surface area contributed by atoms with Crippen LogP contribution in [0.2, 0.25) is 0 Å². The molecule has 0 bridgehead atoms. The van der Waals surface area contributed by atoms with Crippen molar-refractivity contribution in [3.05, 3.63) is 0 Å². The summed E-state index contributed by atoms with van der Waals surface area (Å²) in [4.78, 5) is 24.0. The van der Waals surface area contributed by atoms with Crippen molar-refractivity contribution in [2.45, 2.75) is 82.8 Å². The second-order valence-electron chi connectivity index (χ2n) is 7.96. The van der Waals surface area contributed by atoms with Gasteiger partial charge in [0.15, 0.2) is 11.7 Å². The lowest BCUT2D eigenvalue weighted by atomic mass is 9.99. The molecule has 0 aliphatic heterocycles. The maximum absolute atomic E-state index is 12.1. The van der Waals surface area contributed by atoms with Crippen LogP contribution in [0.1, 0.15) is 70.6 Å². The summed E-state index contributed by atoms with van der Waals surface area (Å²) in [6.07, 6.45) is 6.90. The number of rotatable bonds is 21. The van der Waals surface area contributed by atoms with E-state index in [0.29, 0.717) is 32.5 Å². The van der Waals surface area contributed by atoms with Crippen LogP contribution >= 0.6 is 0 Å². The molecule has 0 aromatic heterocycles.